The topological polar surface area (TPSA) is 84.6 Å². The molecule has 2 aromatic heterocycles. The van der Waals surface area contributed by atoms with Crippen molar-refractivity contribution in [3.05, 3.63) is 46.8 Å². The number of fused-ring (bicyclic) bond motifs is 1. The summed E-state index contributed by atoms with van der Waals surface area (Å²) in [6.07, 6.45) is 5.39. The molecule has 0 bridgehead atoms. The predicted octanol–water partition coefficient (Wildman–Crippen LogP) is 3.36. The van der Waals surface area contributed by atoms with E-state index < -0.39 is 0 Å². The lowest BCUT2D eigenvalue weighted by atomic mass is 10.0. The molecule has 0 radical (unpaired) electrons. The summed E-state index contributed by atoms with van der Waals surface area (Å²) in [5.41, 5.74) is 4.16. The lowest BCUT2D eigenvalue weighted by molar-refractivity contribution is -0.121. The number of aromatic nitrogens is 4. The average molecular weight is 469 g/mol. The monoisotopic (exact) mass is 468 g/mol. The molecule has 0 spiro atoms. The molecule has 0 saturated carbocycles. The van der Waals surface area contributed by atoms with Gasteiger partial charge in [0, 0.05) is 24.4 Å². The largest absolute Gasteiger partial charge is 0.497 e. The molecular weight excluding hydrogens is 436 g/mol. The standard InChI is InChI=1S/C24H32N6O2S/c1-16-20(17(2)30-23(26-16)27-24(28-30)33-4)11-12-22(31)25-15-21(29-13-5-6-14-29)18-7-9-19(32-3)10-8-18/h7-10,21H,5-6,11-15H2,1-4H3,(H,25,31). The first-order valence-corrected chi connectivity index (χ1v) is 12.6. The highest BCUT2D eigenvalue weighted by atomic mass is 32.2. The Bertz CT molecular complexity index is 1110. The maximum Gasteiger partial charge on any atom is 0.253 e. The lowest BCUT2D eigenvalue weighted by Gasteiger charge is -2.28. The minimum atomic E-state index is 0.0509. The third-order valence-electron chi connectivity index (χ3n) is 6.39. The van der Waals surface area contributed by atoms with E-state index >= 15 is 0 Å². The molecule has 1 unspecified atom stereocenters. The Hall–Kier alpha value is -2.65. The molecule has 1 amide bonds. The van der Waals surface area contributed by atoms with Crippen LogP contribution in [0.2, 0.25) is 0 Å². The molecule has 1 aliphatic rings. The fourth-order valence-corrected chi connectivity index (χ4v) is 4.85. The van der Waals surface area contributed by atoms with Gasteiger partial charge in [-0.15, -0.1) is 5.10 Å². The number of carbonyl (C=O) groups excluding carboxylic acids is 1. The number of carbonyl (C=O) groups is 1. The molecule has 1 N–H and O–H groups in total. The van der Waals surface area contributed by atoms with E-state index in [0.717, 1.165) is 35.8 Å². The Kier molecular flexibility index (Phi) is 7.49. The van der Waals surface area contributed by atoms with Crippen LogP contribution in [0, 0.1) is 13.8 Å². The first-order valence-electron chi connectivity index (χ1n) is 11.4. The van der Waals surface area contributed by atoms with Gasteiger partial charge in [-0.25, -0.2) is 9.50 Å². The highest BCUT2D eigenvalue weighted by Gasteiger charge is 2.24. The molecule has 9 heteroatoms. The van der Waals surface area contributed by atoms with Gasteiger partial charge in [-0.1, -0.05) is 23.9 Å². The van der Waals surface area contributed by atoms with Crippen LogP contribution in [0.5, 0.6) is 5.75 Å². The van der Waals surface area contributed by atoms with Gasteiger partial charge in [0.15, 0.2) is 0 Å². The van der Waals surface area contributed by atoms with E-state index in [1.807, 2.05) is 32.2 Å². The van der Waals surface area contributed by atoms with Crippen LogP contribution in [0.15, 0.2) is 29.4 Å². The van der Waals surface area contributed by atoms with Crippen LogP contribution in [-0.4, -0.2) is 63.4 Å². The number of aryl methyl sites for hydroxylation is 2. The van der Waals surface area contributed by atoms with Crippen molar-refractivity contribution < 1.29 is 9.53 Å². The van der Waals surface area contributed by atoms with E-state index in [9.17, 15) is 4.79 Å². The number of amides is 1. The van der Waals surface area contributed by atoms with Gasteiger partial charge >= 0.3 is 0 Å². The van der Waals surface area contributed by atoms with Crippen molar-refractivity contribution >= 4 is 23.4 Å². The third kappa shape index (κ3) is 5.30. The number of hydrogen-bond donors (Lipinski definition) is 1. The van der Waals surface area contributed by atoms with Crippen LogP contribution < -0.4 is 10.1 Å². The van der Waals surface area contributed by atoms with Crippen molar-refractivity contribution in [3.8, 4) is 5.75 Å². The van der Waals surface area contributed by atoms with Crippen molar-refractivity contribution in [1.29, 1.82) is 0 Å². The van der Waals surface area contributed by atoms with Crippen LogP contribution in [0.3, 0.4) is 0 Å². The van der Waals surface area contributed by atoms with E-state index in [0.29, 0.717) is 30.3 Å². The summed E-state index contributed by atoms with van der Waals surface area (Å²) in [4.78, 5) is 24.3. The van der Waals surface area contributed by atoms with E-state index in [-0.39, 0.29) is 11.9 Å². The van der Waals surface area contributed by atoms with Gasteiger partial charge < -0.3 is 10.1 Å². The van der Waals surface area contributed by atoms with E-state index in [2.05, 4.69) is 37.4 Å². The number of likely N-dealkylation sites (tertiary alicyclic amines) is 1. The number of thioether (sulfide) groups is 1. The van der Waals surface area contributed by atoms with Gasteiger partial charge in [-0.05, 0) is 75.7 Å². The minimum absolute atomic E-state index is 0.0509. The van der Waals surface area contributed by atoms with Crippen molar-refractivity contribution in [1.82, 2.24) is 29.8 Å². The second-order valence-electron chi connectivity index (χ2n) is 8.41. The SMILES string of the molecule is COc1ccc(C(CNC(=O)CCc2c(C)nc3nc(SC)nn3c2C)N2CCCC2)cc1. The van der Waals surface area contributed by atoms with Crippen LogP contribution >= 0.6 is 11.8 Å². The van der Waals surface area contributed by atoms with E-state index in [1.165, 1.54) is 30.2 Å². The molecule has 1 aliphatic heterocycles. The van der Waals surface area contributed by atoms with Gasteiger partial charge in [-0.3, -0.25) is 9.69 Å². The molecular formula is C24H32N6O2S. The molecule has 3 heterocycles. The van der Waals surface area contributed by atoms with Crippen molar-refractivity contribution in [2.45, 2.75) is 50.7 Å². The molecule has 0 aliphatic carbocycles. The first kappa shape index (κ1) is 23.5. The Labute approximate surface area is 199 Å². The number of methoxy groups -OCH3 is 1. The predicted molar refractivity (Wildman–Crippen MR) is 130 cm³/mol. The van der Waals surface area contributed by atoms with Crippen molar-refractivity contribution in [3.63, 3.8) is 0 Å². The molecule has 1 saturated heterocycles. The second-order valence-corrected chi connectivity index (χ2v) is 9.18. The maximum absolute atomic E-state index is 12.8. The molecule has 4 rings (SSSR count). The van der Waals surface area contributed by atoms with Crippen LogP contribution in [0.25, 0.3) is 5.78 Å². The van der Waals surface area contributed by atoms with Gasteiger partial charge in [0.2, 0.25) is 11.1 Å². The number of hydrogen-bond acceptors (Lipinski definition) is 7. The fourth-order valence-electron chi connectivity index (χ4n) is 4.51. The van der Waals surface area contributed by atoms with Crippen molar-refractivity contribution in [2.24, 2.45) is 0 Å². The van der Waals surface area contributed by atoms with Crippen LogP contribution in [0.4, 0.5) is 0 Å². The number of nitrogens with zero attached hydrogens (tertiary/aromatic N) is 5. The third-order valence-corrected chi connectivity index (χ3v) is 6.93. The number of ether oxygens (including phenoxy) is 1. The molecule has 1 atom stereocenters. The fraction of sp³-hybridized carbons (Fsp3) is 0.500. The summed E-state index contributed by atoms with van der Waals surface area (Å²) >= 11 is 1.49. The van der Waals surface area contributed by atoms with Gasteiger partial charge in [0.25, 0.3) is 5.78 Å². The molecule has 1 aromatic carbocycles. The van der Waals surface area contributed by atoms with Crippen LogP contribution in [-0.2, 0) is 11.2 Å². The maximum atomic E-state index is 12.8. The summed E-state index contributed by atoms with van der Waals surface area (Å²) in [6, 6.07) is 8.35. The lowest BCUT2D eigenvalue weighted by Crippen LogP contribution is -2.36. The number of rotatable bonds is 9. The summed E-state index contributed by atoms with van der Waals surface area (Å²) in [5.74, 6) is 1.50. The van der Waals surface area contributed by atoms with Gasteiger partial charge in [-0.2, -0.15) is 4.98 Å². The molecule has 8 nitrogen and oxygen atoms in total. The zero-order valence-electron chi connectivity index (χ0n) is 19.8. The molecule has 1 fully saturated rings. The summed E-state index contributed by atoms with van der Waals surface area (Å²) < 4.78 is 7.08. The summed E-state index contributed by atoms with van der Waals surface area (Å²) in [7, 11) is 1.68. The van der Waals surface area contributed by atoms with E-state index in [1.54, 1.807) is 11.6 Å². The zero-order chi connectivity index (χ0) is 23.4. The van der Waals surface area contributed by atoms with Gasteiger partial charge in [0.05, 0.1) is 13.2 Å². The van der Waals surface area contributed by atoms with Gasteiger partial charge in [0.1, 0.15) is 5.75 Å². The normalized spacial score (nSPS) is 15.2. The Morgan fingerprint density at radius 1 is 1.18 bits per heavy atom. The molecule has 33 heavy (non-hydrogen) atoms. The zero-order valence-corrected chi connectivity index (χ0v) is 20.6. The highest BCUT2D eigenvalue weighted by molar-refractivity contribution is 7.98. The Balaban J connectivity index is 1.41. The number of nitrogens with one attached hydrogen (secondary N) is 1. The molecule has 3 aromatic rings. The second kappa shape index (κ2) is 10.5. The summed E-state index contributed by atoms with van der Waals surface area (Å²) in [5, 5.41) is 8.38. The highest BCUT2D eigenvalue weighted by Crippen LogP contribution is 2.26. The smallest absolute Gasteiger partial charge is 0.253 e. The summed E-state index contributed by atoms with van der Waals surface area (Å²) in [6.45, 7) is 6.71. The minimum Gasteiger partial charge on any atom is -0.497 e. The Morgan fingerprint density at radius 3 is 2.58 bits per heavy atom. The quantitative estimate of drug-likeness (QED) is 0.482. The average Bonchev–Trinajstić information content (AvgIpc) is 3.50. The number of benzene rings is 1. The van der Waals surface area contributed by atoms with E-state index in [4.69, 9.17) is 4.74 Å². The molecule has 176 valence electrons. The van der Waals surface area contributed by atoms with Crippen LogP contribution in [0.1, 0.15) is 47.8 Å². The first-order chi connectivity index (χ1) is 16.0. The Morgan fingerprint density at radius 2 is 1.91 bits per heavy atom. The van der Waals surface area contributed by atoms with Crippen molar-refractivity contribution in [2.75, 3.05) is 33.0 Å².